The summed E-state index contributed by atoms with van der Waals surface area (Å²) < 4.78 is 0. The Morgan fingerprint density at radius 2 is 2.00 bits per heavy atom. The van der Waals surface area contributed by atoms with Gasteiger partial charge < -0.3 is 10.4 Å². The first-order chi connectivity index (χ1) is 7.72. The molecule has 0 unspecified atom stereocenters. The highest BCUT2D eigenvalue weighted by molar-refractivity contribution is 6.29. The van der Waals surface area contributed by atoms with E-state index in [1.54, 1.807) is 12.1 Å². The summed E-state index contributed by atoms with van der Waals surface area (Å²) in [7, 11) is 0. The average molecular weight is 236 g/mol. The molecular formula is C12H10ClNO2. The van der Waals surface area contributed by atoms with Crippen LogP contribution in [0.3, 0.4) is 0 Å². The van der Waals surface area contributed by atoms with Crippen molar-refractivity contribution in [2.24, 2.45) is 0 Å². The minimum Gasteiger partial charge on any atom is -0.505 e. The topological polar surface area (TPSA) is 49.3 Å². The first kappa shape index (κ1) is 10.8. The molecule has 0 atom stereocenters. The van der Waals surface area contributed by atoms with Gasteiger partial charge in [-0.05, 0) is 11.5 Å². The van der Waals surface area contributed by atoms with Crippen LogP contribution >= 0.6 is 11.6 Å². The molecule has 4 heteroatoms. The molecule has 0 saturated heterocycles. The van der Waals surface area contributed by atoms with E-state index in [4.69, 9.17) is 11.6 Å². The van der Waals surface area contributed by atoms with E-state index in [1.165, 1.54) is 0 Å². The van der Waals surface area contributed by atoms with Crippen molar-refractivity contribution in [1.82, 2.24) is 0 Å². The summed E-state index contributed by atoms with van der Waals surface area (Å²) in [5, 5.41) is 14.1. The number of benzene rings is 2. The highest BCUT2D eigenvalue weighted by Crippen LogP contribution is 2.32. The summed E-state index contributed by atoms with van der Waals surface area (Å²) in [6.07, 6.45) is 0. The number of phenolic OH excluding ortho intramolecular Hbond substituents is 1. The lowest BCUT2D eigenvalue weighted by atomic mass is 10.1. The third-order valence-electron chi connectivity index (χ3n) is 2.30. The zero-order valence-corrected chi connectivity index (χ0v) is 9.16. The summed E-state index contributed by atoms with van der Waals surface area (Å²) in [5.74, 6) is -0.407. The molecule has 82 valence electrons. The number of aromatic hydroxyl groups is 1. The van der Waals surface area contributed by atoms with Crippen LogP contribution in [0.1, 0.15) is 0 Å². The Morgan fingerprint density at radius 1 is 1.25 bits per heavy atom. The number of hydrogen-bond acceptors (Lipinski definition) is 2. The predicted octanol–water partition coefficient (Wildman–Crippen LogP) is 2.72. The summed E-state index contributed by atoms with van der Waals surface area (Å²) in [4.78, 5) is 11.1. The van der Waals surface area contributed by atoms with Crippen molar-refractivity contribution in [3.05, 3.63) is 36.4 Å². The highest BCUT2D eigenvalue weighted by Gasteiger charge is 2.08. The smallest absolute Gasteiger partial charge is 0.239 e. The average Bonchev–Trinajstić information content (AvgIpc) is 2.33. The zero-order chi connectivity index (χ0) is 11.5. The molecule has 1 amide bonds. The summed E-state index contributed by atoms with van der Waals surface area (Å²) in [5.41, 5.74) is 0.379. The van der Waals surface area contributed by atoms with E-state index in [1.807, 2.05) is 24.3 Å². The molecule has 16 heavy (non-hydrogen) atoms. The lowest BCUT2D eigenvalue weighted by Gasteiger charge is -2.08. The van der Waals surface area contributed by atoms with Crippen LogP contribution in [0.2, 0.25) is 0 Å². The van der Waals surface area contributed by atoms with Gasteiger partial charge in [-0.2, -0.15) is 0 Å². The number of alkyl halides is 1. The second kappa shape index (κ2) is 4.41. The number of carbonyl (C=O) groups is 1. The molecule has 2 aromatic carbocycles. The molecule has 2 rings (SSSR count). The number of anilines is 1. The van der Waals surface area contributed by atoms with Gasteiger partial charge >= 0.3 is 0 Å². The van der Waals surface area contributed by atoms with Gasteiger partial charge in [0.2, 0.25) is 5.91 Å². The van der Waals surface area contributed by atoms with Crippen molar-refractivity contribution < 1.29 is 9.90 Å². The molecule has 0 aliphatic carbocycles. The number of phenols is 1. The van der Waals surface area contributed by atoms with Crippen molar-refractivity contribution in [2.45, 2.75) is 0 Å². The van der Waals surface area contributed by atoms with Gasteiger partial charge in [0.05, 0.1) is 5.69 Å². The molecule has 0 saturated carbocycles. The Morgan fingerprint density at radius 3 is 2.75 bits per heavy atom. The molecule has 0 aliphatic rings. The highest BCUT2D eigenvalue weighted by atomic mass is 35.5. The third-order valence-corrected chi connectivity index (χ3v) is 2.54. The maximum absolute atomic E-state index is 11.1. The Hall–Kier alpha value is -1.74. The molecule has 0 fully saturated rings. The van der Waals surface area contributed by atoms with Gasteiger partial charge in [-0.3, -0.25) is 4.79 Å². The molecule has 0 bridgehead atoms. The Balaban J connectivity index is 2.48. The second-order valence-corrected chi connectivity index (χ2v) is 3.63. The molecule has 0 aromatic heterocycles. The van der Waals surface area contributed by atoms with E-state index in [0.29, 0.717) is 11.1 Å². The molecule has 2 aromatic rings. The number of halogens is 1. The number of fused-ring (bicyclic) bond motifs is 1. The molecule has 0 radical (unpaired) electrons. The van der Waals surface area contributed by atoms with Crippen LogP contribution in [0.5, 0.6) is 5.75 Å². The van der Waals surface area contributed by atoms with E-state index in [0.717, 1.165) is 5.39 Å². The standard InChI is InChI=1S/C12H10ClNO2/c13-7-11(15)14-10-6-5-8-3-1-2-4-9(8)12(10)16/h1-6,16H,7H2,(H,14,15). The zero-order valence-electron chi connectivity index (χ0n) is 8.40. The lowest BCUT2D eigenvalue weighted by Crippen LogP contribution is -2.12. The van der Waals surface area contributed by atoms with Crippen LogP contribution in [0, 0.1) is 0 Å². The van der Waals surface area contributed by atoms with Gasteiger partial charge in [0, 0.05) is 5.39 Å². The minimum atomic E-state index is -0.341. The van der Waals surface area contributed by atoms with Gasteiger partial charge in [-0.1, -0.05) is 30.3 Å². The van der Waals surface area contributed by atoms with Gasteiger partial charge in [0.15, 0.2) is 0 Å². The van der Waals surface area contributed by atoms with Crippen LogP contribution in [0.15, 0.2) is 36.4 Å². The van der Waals surface area contributed by atoms with Crippen molar-refractivity contribution in [3.63, 3.8) is 0 Å². The van der Waals surface area contributed by atoms with Crippen LogP contribution in [0.25, 0.3) is 10.8 Å². The second-order valence-electron chi connectivity index (χ2n) is 3.36. The van der Waals surface area contributed by atoms with Crippen LogP contribution in [-0.4, -0.2) is 16.9 Å². The normalized spacial score (nSPS) is 10.3. The summed E-state index contributed by atoms with van der Waals surface area (Å²) in [6.45, 7) is 0. The van der Waals surface area contributed by atoms with Crippen molar-refractivity contribution in [2.75, 3.05) is 11.2 Å². The first-order valence-electron chi connectivity index (χ1n) is 4.79. The molecule has 0 aliphatic heterocycles. The number of carbonyl (C=O) groups excluding carboxylic acids is 1. The number of amides is 1. The summed E-state index contributed by atoms with van der Waals surface area (Å²) in [6, 6.07) is 10.9. The largest absolute Gasteiger partial charge is 0.505 e. The predicted molar refractivity (Wildman–Crippen MR) is 65.0 cm³/mol. The first-order valence-corrected chi connectivity index (χ1v) is 5.32. The SMILES string of the molecule is O=C(CCl)Nc1ccc2ccccc2c1O. The Labute approximate surface area is 97.7 Å². The molecule has 0 heterocycles. The number of hydrogen-bond donors (Lipinski definition) is 2. The van der Waals surface area contributed by atoms with E-state index in [2.05, 4.69) is 5.32 Å². The van der Waals surface area contributed by atoms with Gasteiger partial charge in [0.25, 0.3) is 0 Å². The maximum atomic E-state index is 11.1. The van der Waals surface area contributed by atoms with Crippen LogP contribution < -0.4 is 5.32 Å². The number of nitrogens with one attached hydrogen (secondary N) is 1. The van der Waals surface area contributed by atoms with Crippen molar-refractivity contribution in [3.8, 4) is 5.75 Å². The van der Waals surface area contributed by atoms with E-state index < -0.39 is 0 Å². The Bertz CT molecular complexity index is 540. The molecular weight excluding hydrogens is 226 g/mol. The molecule has 0 spiro atoms. The Kier molecular flexibility index (Phi) is 2.97. The minimum absolute atomic E-state index is 0.0663. The number of rotatable bonds is 2. The third kappa shape index (κ3) is 1.95. The fourth-order valence-corrected chi connectivity index (χ4v) is 1.61. The van der Waals surface area contributed by atoms with Gasteiger partial charge in [-0.25, -0.2) is 0 Å². The van der Waals surface area contributed by atoms with Gasteiger partial charge in [0.1, 0.15) is 11.6 Å². The quantitative estimate of drug-likeness (QED) is 0.621. The maximum Gasteiger partial charge on any atom is 0.239 e. The van der Waals surface area contributed by atoms with Gasteiger partial charge in [-0.15, -0.1) is 11.6 Å². The molecule has 3 nitrogen and oxygen atoms in total. The van der Waals surface area contributed by atoms with Crippen LogP contribution in [0.4, 0.5) is 5.69 Å². The van der Waals surface area contributed by atoms with Crippen LogP contribution in [-0.2, 0) is 4.79 Å². The monoisotopic (exact) mass is 235 g/mol. The van der Waals surface area contributed by atoms with E-state index in [-0.39, 0.29) is 17.5 Å². The fourth-order valence-electron chi connectivity index (χ4n) is 1.54. The van der Waals surface area contributed by atoms with Crippen molar-refractivity contribution >= 4 is 34.0 Å². The fraction of sp³-hybridized carbons (Fsp3) is 0.0833. The van der Waals surface area contributed by atoms with E-state index >= 15 is 0 Å². The lowest BCUT2D eigenvalue weighted by molar-refractivity contribution is -0.113. The van der Waals surface area contributed by atoms with Crippen molar-refractivity contribution in [1.29, 1.82) is 0 Å². The molecule has 2 N–H and O–H groups in total. The summed E-state index contributed by atoms with van der Waals surface area (Å²) >= 11 is 5.38. The van der Waals surface area contributed by atoms with E-state index in [9.17, 15) is 9.90 Å².